The number of unbranched alkanes of at least 4 members (excludes halogenated alkanes) is 2. The fourth-order valence-electron chi connectivity index (χ4n) is 2.73. The number of benzene rings is 1. The van der Waals surface area contributed by atoms with Crippen molar-refractivity contribution < 1.29 is 9.53 Å². The Morgan fingerprint density at radius 1 is 1.00 bits per heavy atom. The summed E-state index contributed by atoms with van der Waals surface area (Å²) >= 11 is 5.37. The van der Waals surface area contributed by atoms with Crippen LogP contribution < -0.4 is 4.74 Å². The van der Waals surface area contributed by atoms with Gasteiger partial charge in [-0.3, -0.25) is 4.79 Å². The summed E-state index contributed by atoms with van der Waals surface area (Å²) in [5.74, 6) is 0.996. The molecule has 0 aromatic heterocycles. The molecule has 0 fully saturated rings. The predicted molar refractivity (Wildman–Crippen MR) is 108 cm³/mol. The van der Waals surface area contributed by atoms with E-state index in [0.717, 1.165) is 37.9 Å². The topological polar surface area (TPSA) is 26.3 Å². The highest BCUT2D eigenvalue weighted by molar-refractivity contribution is 6.63. The molecule has 25 heavy (non-hydrogen) atoms. The van der Waals surface area contributed by atoms with Crippen molar-refractivity contribution in [3.05, 3.63) is 29.3 Å². The van der Waals surface area contributed by atoms with E-state index >= 15 is 0 Å². The van der Waals surface area contributed by atoms with E-state index in [-0.39, 0.29) is 16.1 Å². The van der Waals surface area contributed by atoms with Crippen molar-refractivity contribution in [1.82, 2.24) is 0 Å². The van der Waals surface area contributed by atoms with E-state index in [1.807, 2.05) is 0 Å². The van der Waals surface area contributed by atoms with Crippen LogP contribution in [0.15, 0.2) is 18.2 Å². The molecule has 1 rings (SSSR count). The summed E-state index contributed by atoms with van der Waals surface area (Å²) in [6.07, 6.45) is 5.37. The summed E-state index contributed by atoms with van der Waals surface area (Å²) in [4.78, 5) is 10.8. The molecule has 0 radical (unpaired) electrons. The highest BCUT2D eigenvalue weighted by Gasteiger charge is 2.26. The van der Waals surface area contributed by atoms with Crippen molar-refractivity contribution in [3.63, 3.8) is 0 Å². The maximum atomic E-state index is 10.8. The van der Waals surface area contributed by atoms with Crippen molar-refractivity contribution >= 4 is 16.8 Å². The van der Waals surface area contributed by atoms with Crippen molar-refractivity contribution in [3.8, 4) is 5.75 Å². The van der Waals surface area contributed by atoms with Gasteiger partial charge in [-0.1, -0.05) is 53.7 Å². The summed E-state index contributed by atoms with van der Waals surface area (Å²) in [7, 11) is 0. The third kappa shape index (κ3) is 6.66. The maximum absolute atomic E-state index is 10.8. The van der Waals surface area contributed by atoms with Crippen LogP contribution in [0.1, 0.15) is 91.2 Å². The molecule has 0 heterocycles. The van der Waals surface area contributed by atoms with Crippen LogP contribution in [-0.4, -0.2) is 11.8 Å². The molecule has 1 aromatic rings. The lowest BCUT2D eigenvalue weighted by Crippen LogP contribution is -2.21. The Morgan fingerprint density at radius 2 is 1.64 bits per heavy atom. The fourth-order valence-corrected chi connectivity index (χ4v) is 2.86. The van der Waals surface area contributed by atoms with Crippen molar-refractivity contribution in [2.45, 2.75) is 90.9 Å². The van der Waals surface area contributed by atoms with Crippen LogP contribution in [0.2, 0.25) is 0 Å². The molecule has 0 aliphatic carbocycles. The van der Waals surface area contributed by atoms with Gasteiger partial charge in [-0.05, 0) is 66.2 Å². The van der Waals surface area contributed by atoms with Crippen molar-refractivity contribution in [2.75, 3.05) is 6.61 Å². The molecular formula is C22H35ClO2. The first-order valence-electron chi connectivity index (χ1n) is 9.60. The van der Waals surface area contributed by atoms with E-state index in [0.29, 0.717) is 13.0 Å². The summed E-state index contributed by atoms with van der Waals surface area (Å²) in [5.41, 5.74) is 2.93. The highest BCUT2D eigenvalue weighted by Crippen LogP contribution is 2.38. The molecule has 2 nitrogen and oxygen atoms in total. The minimum Gasteiger partial charge on any atom is -0.493 e. The van der Waals surface area contributed by atoms with Crippen molar-refractivity contribution in [2.24, 2.45) is 0 Å². The van der Waals surface area contributed by atoms with Gasteiger partial charge in [0.2, 0.25) is 5.24 Å². The molecule has 3 heteroatoms. The minimum atomic E-state index is -0.248. The van der Waals surface area contributed by atoms with Gasteiger partial charge in [0, 0.05) is 12.0 Å². The van der Waals surface area contributed by atoms with Gasteiger partial charge in [0.25, 0.3) is 0 Å². The largest absolute Gasteiger partial charge is 0.493 e. The van der Waals surface area contributed by atoms with E-state index in [4.69, 9.17) is 16.3 Å². The van der Waals surface area contributed by atoms with Crippen LogP contribution in [-0.2, 0) is 15.6 Å². The highest BCUT2D eigenvalue weighted by atomic mass is 35.5. The molecule has 0 saturated heterocycles. The molecular weight excluding hydrogens is 332 g/mol. The van der Waals surface area contributed by atoms with Crippen LogP contribution in [0.3, 0.4) is 0 Å². The molecule has 0 N–H and O–H groups in total. The monoisotopic (exact) mass is 366 g/mol. The van der Waals surface area contributed by atoms with Gasteiger partial charge in [0.15, 0.2) is 0 Å². The molecule has 142 valence electrons. The zero-order valence-electron chi connectivity index (χ0n) is 16.9. The van der Waals surface area contributed by atoms with Crippen LogP contribution in [0, 0.1) is 0 Å². The molecule has 0 saturated carbocycles. The van der Waals surface area contributed by atoms with Gasteiger partial charge in [0.1, 0.15) is 5.75 Å². The van der Waals surface area contributed by atoms with Gasteiger partial charge in [-0.2, -0.15) is 0 Å². The average Bonchev–Trinajstić information content (AvgIpc) is 2.57. The summed E-state index contributed by atoms with van der Waals surface area (Å²) in [6, 6.07) is 6.69. The van der Waals surface area contributed by atoms with Crippen LogP contribution in [0.25, 0.3) is 0 Å². The Kier molecular flexibility index (Phi) is 8.47. The van der Waals surface area contributed by atoms with Gasteiger partial charge >= 0.3 is 0 Å². The molecule has 0 aliphatic rings. The molecule has 0 amide bonds. The Labute approximate surface area is 159 Å². The van der Waals surface area contributed by atoms with E-state index in [9.17, 15) is 4.79 Å². The third-order valence-corrected chi connectivity index (χ3v) is 5.72. The predicted octanol–water partition coefficient (Wildman–Crippen LogP) is 6.77. The van der Waals surface area contributed by atoms with Gasteiger partial charge < -0.3 is 4.74 Å². The summed E-state index contributed by atoms with van der Waals surface area (Å²) in [5, 5.41) is -0.248. The second kappa shape index (κ2) is 9.62. The Hall–Kier alpha value is -1.02. The smallest absolute Gasteiger partial charge is 0.221 e. The van der Waals surface area contributed by atoms with E-state index in [1.165, 1.54) is 11.1 Å². The first-order chi connectivity index (χ1) is 11.6. The number of carbonyl (C=O) groups excluding carboxylic acids is 1. The lowest BCUT2D eigenvalue weighted by molar-refractivity contribution is -0.111. The number of halogens is 1. The fraction of sp³-hybridized carbons (Fsp3) is 0.682. The maximum Gasteiger partial charge on any atom is 0.221 e. The quantitative estimate of drug-likeness (QED) is 0.319. The molecule has 0 bridgehead atoms. The van der Waals surface area contributed by atoms with Gasteiger partial charge in [-0.15, -0.1) is 0 Å². The number of hydrogen-bond donors (Lipinski definition) is 0. The van der Waals surface area contributed by atoms with E-state index < -0.39 is 0 Å². The lowest BCUT2D eigenvalue weighted by Gasteiger charge is -2.30. The van der Waals surface area contributed by atoms with Gasteiger partial charge in [0.05, 0.1) is 6.61 Å². The normalized spacial score (nSPS) is 12.3. The second-order valence-corrected chi connectivity index (χ2v) is 8.62. The zero-order chi connectivity index (χ0) is 19.1. The van der Waals surface area contributed by atoms with E-state index in [1.54, 1.807) is 0 Å². The Bertz CT molecular complexity index is 561. The van der Waals surface area contributed by atoms with Gasteiger partial charge in [-0.25, -0.2) is 0 Å². The molecule has 0 unspecified atom stereocenters. The minimum absolute atomic E-state index is 0.0835. The molecule has 0 spiro atoms. The third-order valence-electron chi connectivity index (χ3n) is 5.53. The van der Waals surface area contributed by atoms with Crippen LogP contribution in [0.5, 0.6) is 5.75 Å². The Balaban J connectivity index is 2.86. The number of carbonyl (C=O) groups is 1. The van der Waals surface area contributed by atoms with E-state index in [2.05, 4.69) is 59.7 Å². The lowest BCUT2D eigenvalue weighted by atomic mass is 9.76. The average molecular weight is 367 g/mol. The number of hydrogen-bond acceptors (Lipinski definition) is 2. The summed E-state index contributed by atoms with van der Waals surface area (Å²) in [6.45, 7) is 14.3. The Morgan fingerprint density at radius 3 is 2.20 bits per heavy atom. The molecule has 1 aromatic carbocycles. The first-order valence-corrected chi connectivity index (χ1v) is 9.98. The standard InChI is InChI=1S/C22H35ClO2/c1-7-21(3,4)17-13-14-19(18(16-17)22(5,6)8-2)25-15-11-9-10-12-20(23)24/h13-14,16H,7-12,15H2,1-6H3. The molecule has 0 atom stereocenters. The number of rotatable bonds is 11. The second-order valence-electron chi connectivity index (χ2n) is 8.20. The zero-order valence-corrected chi connectivity index (χ0v) is 17.6. The SMILES string of the molecule is CCC(C)(C)c1ccc(OCCCCCC(=O)Cl)c(C(C)(C)CC)c1. The summed E-state index contributed by atoms with van der Waals surface area (Å²) < 4.78 is 6.12. The van der Waals surface area contributed by atoms with Crippen molar-refractivity contribution in [1.29, 1.82) is 0 Å². The first kappa shape index (κ1) is 22.0. The molecule has 0 aliphatic heterocycles. The number of ether oxygens (including phenoxy) is 1. The van der Waals surface area contributed by atoms with Crippen LogP contribution in [0.4, 0.5) is 0 Å². The van der Waals surface area contributed by atoms with Crippen LogP contribution >= 0.6 is 11.6 Å².